The monoisotopic (exact) mass is 603 g/mol. The number of benzene rings is 2. The summed E-state index contributed by atoms with van der Waals surface area (Å²) in [7, 11) is 0. The predicted octanol–water partition coefficient (Wildman–Crippen LogP) is 5.81. The van der Waals surface area contributed by atoms with Crippen molar-refractivity contribution in [1.29, 1.82) is 0 Å². The summed E-state index contributed by atoms with van der Waals surface area (Å²) in [6.07, 6.45) is 2.72. The first kappa shape index (κ1) is 23.4. The number of para-hydroxylation sites is 1. The zero-order chi connectivity index (χ0) is 23.7. The van der Waals surface area contributed by atoms with E-state index >= 15 is 0 Å². The molecule has 2 aromatic carbocycles. The molecule has 0 atom stereocenters. The molecule has 1 aliphatic heterocycles. The van der Waals surface area contributed by atoms with Gasteiger partial charge in [0, 0.05) is 23.5 Å². The van der Waals surface area contributed by atoms with Crippen LogP contribution >= 0.6 is 45.3 Å². The minimum Gasteiger partial charge on any atom is -0.476 e. The Morgan fingerprint density at radius 3 is 2.74 bits per heavy atom. The van der Waals surface area contributed by atoms with Crippen molar-refractivity contribution in [2.24, 2.45) is 0 Å². The molecule has 0 saturated carbocycles. The van der Waals surface area contributed by atoms with Gasteiger partial charge in [0.2, 0.25) is 0 Å². The Balaban J connectivity index is 1.40. The average molecular weight is 604 g/mol. The summed E-state index contributed by atoms with van der Waals surface area (Å²) in [4.78, 5) is 37.1. The number of carboxylic acid groups (broad SMARTS) is 1. The smallest absolute Gasteiger partial charge is 0.355 e. The van der Waals surface area contributed by atoms with Gasteiger partial charge in [-0.1, -0.05) is 52.9 Å². The molecule has 1 N–H and O–H groups in total. The van der Waals surface area contributed by atoms with E-state index < -0.39 is 5.97 Å². The number of hydrogen-bond donors (Lipinski definition) is 1. The van der Waals surface area contributed by atoms with Crippen LogP contribution in [0.2, 0.25) is 0 Å². The number of ketones is 1. The van der Waals surface area contributed by atoms with Crippen LogP contribution in [0.25, 0.3) is 10.2 Å². The van der Waals surface area contributed by atoms with E-state index in [1.54, 1.807) is 11.3 Å². The highest BCUT2D eigenvalue weighted by molar-refractivity contribution is 14.1. The molecule has 0 saturated heterocycles. The first-order valence-electron chi connectivity index (χ1n) is 11.1. The molecule has 3 heterocycles. The van der Waals surface area contributed by atoms with Crippen molar-refractivity contribution >= 4 is 72.4 Å². The number of alkyl halides is 1. The minimum atomic E-state index is -0.977. The number of anilines is 1. The number of carbonyl (C=O) groups excluding carboxylic acids is 1. The van der Waals surface area contributed by atoms with Gasteiger partial charge >= 0.3 is 5.97 Å². The third-order valence-electron chi connectivity index (χ3n) is 5.92. The summed E-state index contributed by atoms with van der Waals surface area (Å²) in [6, 6.07) is 13.9. The van der Waals surface area contributed by atoms with Crippen molar-refractivity contribution in [1.82, 2.24) is 9.97 Å². The normalized spacial score (nSPS) is 13.3. The predicted molar refractivity (Wildman–Crippen MR) is 145 cm³/mol. The molecule has 0 aliphatic carbocycles. The largest absolute Gasteiger partial charge is 0.476 e. The molecule has 0 fully saturated rings. The SMILES string of the molecule is O=C(Cc1nc2ccccc2s1)c1cccc2c1CN(c1nc(C(=O)O)c(CCCI)s1)CC2. The van der Waals surface area contributed by atoms with Crippen LogP contribution in [0.1, 0.15) is 48.3 Å². The quantitative estimate of drug-likeness (QED) is 0.156. The lowest BCUT2D eigenvalue weighted by molar-refractivity contribution is 0.0690. The fourth-order valence-corrected chi connectivity index (χ4v) is 6.74. The lowest BCUT2D eigenvalue weighted by Gasteiger charge is -2.29. The van der Waals surface area contributed by atoms with Crippen LogP contribution in [-0.2, 0) is 25.8 Å². The molecule has 4 aromatic rings. The second kappa shape index (κ2) is 10.1. The number of halogens is 1. The maximum absolute atomic E-state index is 13.3. The highest BCUT2D eigenvalue weighted by Gasteiger charge is 2.26. The molecule has 174 valence electrons. The first-order valence-corrected chi connectivity index (χ1v) is 14.2. The maximum Gasteiger partial charge on any atom is 0.355 e. The molecule has 0 amide bonds. The van der Waals surface area contributed by atoms with E-state index in [-0.39, 0.29) is 17.9 Å². The van der Waals surface area contributed by atoms with E-state index in [4.69, 9.17) is 0 Å². The average Bonchev–Trinajstić information content (AvgIpc) is 3.45. The summed E-state index contributed by atoms with van der Waals surface area (Å²) in [6.45, 7) is 1.30. The van der Waals surface area contributed by atoms with Gasteiger partial charge in [0.05, 0.1) is 16.6 Å². The van der Waals surface area contributed by atoms with Gasteiger partial charge in [-0.2, -0.15) is 0 Å². The second-order valence-electron chi connectivity index (χ2n) is 8.16. The zero-order valence-electron chi connectivity index (χ0n) is 18.3. The molecular weight excluding hydrogens is 581 g/mol. The Kier molecular flexibility index (Phi) is 6.94. The lowest BCUT2D eigenvalue weighted by Crippen LogP contribution is -2.31. The van der Waals surface area contributed by atoms with Crippen LogP contribution < -0.4 is 4.90 Å². The number of carbonyl (C=O) groups is 2. The second-order valence-corrected chi connectivity index (χ2v) is 11.4. The standard InChI is InChI=1S/C25H22IN3O3S2/c26-11-4-9-21-23(24(31)32)28-25(34-21)29-12-10-15-5-3-6-16(17(15)14-29)19(30)13-22-27-18-7-1-2-8-20(18)33-22/h1-3,5-8H,4,9-14H2,(H,31,32). The highest BCUT2D eigenvalue weighted by Crippen LogP contribution is 2.33. The summed E-state index contributed by atoms with van der Waals surface area (Å²) in [5.41, 5.74) is 4.00. The first-order chi connectivity index (χ1) is 16.5. The molecule has 0 spiro atoms. The molecule has 34 heavy (non-hydrogen) atoms. The van der Waals surface area contributed by atoms with Crippen LogP contribution in [0, 0.1) is 0 Å². The Hall–Kier alpha value is -2.37. The molecule has 1 aliphatic rings. The topological polar surface area (TPSA) is 83.4 Å². The van der Waals surface area contributed by atoms with E-state index in [0.29, 0.717) is 6.54 Å². The van der Waals surface area contributed by atoms with Gasteiger partial charge in [0.15, 0.2) is 16.6 Å². The molecule has 0 bridgehead atoms. The minimum absolute atomic E-state index is 0.0610. The van der Waals surface area contributed by atoms with Crippen LogP contribution in [0.15, 0.2) is 42.5 Å². The third kappa shape index (κ3) is 4.73. The van der Waals surface area contributed by atoms with Crippen molar-refractivity contribution in [2.75, 3.05) is 15.9 Å². The maximum atomic E-state index is 13.3. The number of aryl methyl sites for hydroxylation is 1. The van der Waals surface area contributed by atoms with Gasteiger partial charge in [-0.3, -0.25) is 4.79 Å². The van der Waals surface area contributed by atoms with Gasteiger partial charge in [-0.15, -0.1) is 22.7 Å². The van der Waals surface area contributed by atoms with Crippen LogP contribution in [0.4, 0.5) is 5.13 Å². The van der Waals surface area contributed by atoms with Gasteiger partial charge in [-0.05, 0) is 46.9 Å². The summed E-state index contributed by atoms with van der Waals surface area (Å²) in [5.74, 6) is -0.916. The van der Waals surface area contributed by atoms with Gasteiger partial charge in [0.1, 0.15) is 5.01 Å². The fourth-order valence-electron chi connectivity index (χ4n) is 4.27. The Morgan fingerprint density at radius 2 is 1.94 bits per heavy atom. The Bertz CT molecular complexity index is 1350. The van der Waals surface area contributed by atoms with Crippen molar-refractivity contribution in [3.05, 3.63) is 74.7 Å². The summed E-state index contributed by atoms with van der Waals surface area (Å²) >= 11 is 5.33. The Morgan fingerprint density at radius 1 is 1.09 bits per heavy atom. The van der Waals surface area contributed by atoms with E-state index in [2.05, 4.69) is 43.5 Å². The molecule has 9 heteroatoms. The highest BCUT2D eigenvalue weighted by atomic mass is 127. The molecule has 2 aromatic heterocycles. The number of Topliss-reactive ketones (excluding diaryl/α,β-unsaturated/α-hetero) is 1. The van der Waals surface area contributed by atoms with Crippen LogP contribution in [-0.4, -0.2) is 37.8 Å². The number of aromatic carboxylic acids is 1. The zero-order valence-corrected chi connectivity index (χ0v) is 22.1. The van der Waals surface area contributed by atoms with Crippen molar-refractivity contribution in [3.8, 4) is 0 Å². The Labute approximate surface area is 218 Å². The number of fused-ring (bicyclic) bond motifs is 2. The third-order valence-corrected chi connectivity index (χ3v) is 8.90. The van der Waals surface area contributed by atoms with Gasteiger partial charge < -0.3 is 10.0 Å². The van der Waals surface area contributed by atoms with E-state index in [1.165, 1.54) is 16.9 Å². The number of hydrogen-bond acceptors (Lipinski definition) is 7. The number of rotatable bonds is 8. The van der Waals surface area contributed by atoms with Crippen LogP contribution in [0.5, 0.6) is 0 Å². The van der Waals surface area contributed by atoms with Crippen LogP contribution in [0.3, 0.4) is 0 Å². The van der Waals surface area contributed by atoms with Gasteiger partial charge in [0.25, 0.3) is 0 Å². The number of carboxylic acids is 1. The van der Waals surface area contributed by atoms with E-state index in [9.17, 15) is 14.7 Å². The van der Waals surface area contributed by atoms with E-state index in [1.807, 2.05) is 36.4 Å². The summed E-state index contributed by atoms with van der Waals surface area (Å²) < 4.78 is 2.06. The number of nitrogens with zero attached hydrogens (tertiary/aromatic N) is 3. The van der Waals surface area contributed by atoms with Gasteiger partial charge in [-0.25, -0.2) is 14.8 Å². The van der Waals surface area contributed by atoms with Crippen molar-refractivity contribution in [2.45, 2.75) is 32.2 Å². The molecular formula is C25H22IN3O3S2. The molecule has 0 unspecified atom stereocenters. The van der Waals surface area contributed by atoms with Crippen molar-refractivity contribution < 1.29 is 14.7 Å². The van der Waals surface area contributed by atoms with E-state index in [0.717, 1.165) is 66.6 Å². The molecule has 5 rings (SSSR count). The fraction of sp³-hybridized carbons (Fsp3) is 0.280. The lowest BCUT2D eigenvalue weighted by atomic mass is 9.92. The van der Waals surface area contributed by atoms with Crippen molar-refractivity contribution in [3.63, 3.8) is 0 Å². The summed E-state index contributed by atoms with van der Waals surface area (Å²) in [5, 5.41) is 11.2. The number of aromatic nitrogens is 2. The number of thiazole rings is 2. The molecule has 0 radical (unpaired) electrons. The molecule has 6 nitrogen and oxygen atoms in total.